The zero-order chi connectivity index (χ0) is 30.3. The van der Waals surface area contributed by atoms with Gasteiger partial charge in [-0.25, -0.2) is 4.63 Å². The van der Waals surface area contributed by atoms with E-state index in [2.05, 4.69) is 20.3 Å². The summed E-state index contributed by atoms with van der Waals surface area (Å²) in [5.74, 6) is 1.04. The second-order valence-corrected chi connectivity index (χ2v) is 10.0. The maximum Gasteiger partial charge on any atom is 0.311 e. The smallest absolute Gasteiger partial charge is 0.311 e. The van der Waals surface area contributed by atoms with Gasteiger partial charge in [-0.1, -0.05) is 18.6 Å². The fraction of sp³-hybridized carbons (Fsp3) is 0.333. The second-order valence-electron chi connectivity index (χ2n) is 10.0. The molecule has 1 amide bonds. The Hall–Kier alpha value is -5.20. The topological polar surface area (TPSA) is 159 Å². The zero-order valence-corrected chi connectivity index (χ0v) is 23.8. The fourth-order valence-corrected chi connectivity index (χ4v) is 4.96. The van der Waals surface area contributed by atoms with Crippen molar-refractivity contribution in [3.63, 3.8) is 0 Å². The Kier molecular flexibility index (Phi) is 8.99. The molecule has 0 radical (unpaired) electrons. The molecule has 3 aromatic carbocycles. The monoisotopic (exact) mass is 589 g/mol. The van der Waals surface area contributed by atoms with Crippen LogP contribution in [0.1, 0.15) is 47.2 Å². The molecule has 5 rings (SSSR count). The number of carbonyl (C=O) groups excluding carboxylic acids is 2. The summed E-state index contributed by atoms with van der Waals surface area (Å²) >= 11 is 0. The molecule has 43 heavy (non-hydrogen) atoms. The van der Waals surface area contributed by atoms with Crippen LogP contribution in [0.15, 0.2) is 53.2 Å². The van der Waals surface area contributed by atoms with Gasteiger partial charge in [0, 0.05) is 37.2 Å². The van der Waals surface area contributed by atoms with Crippen molar-refractivity contribution in [1.82, 2.24) is 15.2 Å². The van der Waals surface area contributed by atoms with Crippen molar-refractivity contribution in [1.29, 1.82) is 0 Å². The van der Waals surface area contributed by atoms with Crippen LogP contribution < -0.4 is 19.5 Å². The molecule has 4 aromatic rings. The number of nitrogens with zero attached hydrogens (tertiary/aromatic N) is 4. The number of nitro groups is 1. The second kappa shape index (κ2) is 13.2. The molecule has 13 heteroatoms. The highest BCUT2D eigenvalue weighted by atomic mass is 16.6. The number of ether oxygens (including phenoxy) is 3. The summed E-state index contributed by atoms with van der Waals surface area (Å²) in [5, 5.41) is 21.7. The molecule has 224 valence electrons. The van der Waals surface area contributed by atoms with E-state index in [0.717, 1.165) is 24.2 Å². The van der Waals surface area contributed by atoms with Crippen LogP contribution in [-0.2, 0) is 17.8 Å². The lowest BCUT2D eigenvalue weighted by atomic mass is 10.1. The third-order valence-electron chi connectivity index (χ3n) is 7.30. The van der Waals surface area contributed by atoms with Crippen LogP contribution in [0, 0.1) is 10.1 Å². The average molecular weight is 590 g/mol. The molecule has 0 unspecified atom stereocenters. The van der Waals surface area contributed by atoms with E-state index >= 15 is 0 Å². The predicted molar refractivity (Wildman–Crippen MR) is 155 cm³/mol. The molecule has 1 aromatic heterocycles. The molecule has 1 aliphatic rings. The van der Waals surface area contributed by atoms with Crippen molar-refractivity contribution in [3.8, 4) is 17.2 Å². The number of unbranched alkanes of at least 4 members (excludes halogenated alkanes) is 2. The summed E-state index contributed by atoms with van der Waals surface area (Å²) in [7, 11) is 3.12. The van der Waals surface area contributed by atoms with Gasteiger partial charge in [0.25, 0.3) is 5.91 Å². The zero-order valence-electron chi connectivity index (χ0n) is 23.8. The van der Waals surface area contributed by atoms with Gasteiger partial charge < -0.3 is 24.4 Å². The summed E-state index contributed by atoms with van der Waals surface area (Å²) in [6.07, 6.45) is 2.96. The molecule has 0 spiro atoms. The van der Waals surface area contributed by atoms with Gasteiger partial charge in [-0.2, -0.15) is 0 Å². The molecular weight excluding hydrogens is 558 g/mol. The van der Waals surface area contributed by atoms with Gasteiger partial charge in [0.05, 0.1) is 36.9 Å². The number of aromatic nitrogens is 2. The number of esters is 1. The highest BCUT2D eigenvalue weighted by Gasteiger charge is 2.31. The number of anilines is 1. The normalized spacial score (nSPS) is 12.3. The number of amides is 1. The van der Waals surface area contributed by atoms with E-state index in [1.54, 1.807) is 30.2 Å². The Labute approximate surface area is 246 Å². The number of rotatable bonds is 14. The highest BCUT2D eigenvalue weighted by Crippen LogP contribution is 2.36. The summed E-state index contributed by atoms with van der Waals surface area (Å²) in [5.41, 5.74) is 3.03. The maximum atomic E-state index is 13.2. The summed E-state index contributed by atoms with van der Waals surface area (Å²) in [6.45, 7) is 1.42. The van der Waals surface area contributed by atoms with Crippen molar-refractivity contribution in [3.05, 3.63) is 75.3 Å². The number of benzene rings is 3. The standard InChI is InChI=1S/C30H31N5O8/c1-40-20-9-7-19(8-10-20)13-15-34-18-23-22(30(34)37)16-21(41-2)17-26(23)42-27(36)6-4-3-5-14-31-24-11-12-25(35(38)39)29-28(24)32-43-33-29/h7-12,16-17,31H,3-6,13-15,18H2,1-2H3. The summed E-state index contributed by atoms with van der Waals surface area (Å²) in [4.78, 5) is 38.2. The average Bonchev–Trinajstić information content (AvgIpc) is 3.63. The summed E-state index contributed by atoms with van der Waals surface area (Å²) in [6, 6.07) is 14.0. The molecule has 1 N–H and O–H groups in total. The fourth-order valence-electron chi connectivity index (χ4n) is 4.96. The van der Waals surface area contributed by atoms with E-state index in [1.165, 1.54) is 13.2 Å². The van der Waals surface area contributed by atoms with E-state index in [1.807, 2.05) is 24.3 Å². The quantitative estimate of drug-likeness (QED) is 0.0699. The van der Waals surface area contributed by atoms with Crippen LogP contribution in [0.2, 0.25) is 0 Å². The Morgan fingerprint density at radius 3 is 2.53 bits per heavy atom. The molecule has 0 bridgehead atoms. The number of fused-ring (bicyclic) bond motifs is 2. The van der Waals surface area contributed by atoms with Crippen LogP contribution >= 0.6 is 0 Å². The number of methoxy groups -OCH3 is 2. The molecule has 2 heterocycles. The minimum atomic E-state index is -0.535. The van der Waals surface area contributed by atoms with Crippen molar-refractivity contribution in [2.75, 3.05) is 32.6 Å². The van der Waals surface area contributed by atoms with Gasteiger partial charge >= 0.3 is 11.7 Å². The van der Waals surface area contributed by atoms with Crippen LogP contribution in [-0.4, -0.2) is 59.3 Å². The predicted octanol–water partition coefficient (Wildman–Crippen LogP) is 4.92. The number of hydrogen-bond acceptors (Lipinski definition) is 11. The molecule has 0 atom stereocenters. The van der Waals surface area contributed by atoms with Crippen LogP contribution in [0.4, 0.5) is 11.4 Å². The van der Waals surface area contributed by atoms with E-state index in [9.17, 15) is 19.7 Å². The van der Waals surface area contributed by atoms with Gasteiger partial charge in [-0.3, -0.25) is 19.7 Å². The Bertz CT molecular complexity index is 1640. The third kappa shape index (κ3) is 6.66. The number of nitro benzene ring substituents is 1. The Morgan fingerprint density at radius 2 is 1.79 bits per heavy atom. The number of nitrogens with one attached hydrogen (secondary N) is 1. The number of hydrogen-bond donors (Lipinski definition) is 1. The van der Waals surface area contributed by atoms with Gasteiger partial charge in [0.1, 0.15) is 17.2 Å². The first-order valence-electron chi connectivity index (χ1n) is 13.8. The lowest BCUT2D eigenvalue weighted by molar-refractivity contribution is -0.383. The first kappa shape index (κ1) is 29.3. The lowest BCUT2D eigenvalue weighted by Crippen LogP contribution is -2.26. The molecule has 0 saturated carbocycles. The minimum Gasteiger partial charge on any atom is -0.497 e. The number of non-ortho nitro benzene ring substituents is 1. The van der Waals surface area contributed by atoms with Gasteiger partial charge in [0.2, 0.25) is 5.52 Å². The Balaban J connectivity index is 1.11. The molecule has 0 fully saturated rings. The van der Waals surface area contributed by atoms with Crippen LogP contribution in [0.5, 0.6) is 17.2 Å². The van der Waals surface area contributed by atoms with Gasteiger partial charge in [-0.05, 0) is 59.4 Å². The Morgan fingerprint density at radius 1 is 1.02 bits per heavy atom. The highest BCUT2D eigenvalue weighted by molar-refractivity contribution is 6.00. The summed E-state index contributed by atoms with van der Waals surface area (Å²) < 4.78 is 21.0. The third-order valence-corrected chi connectivity index (χ3v) is 7.30. The van der Waals surface area contributed by atoms with Gasteiger partial charge in [-0.15, -0.1) is 0 Å². The van der Waals surface area contributed by atoms with E-state index in [0.29, 0.717) is 66.3 Å². The SMILES string of the molecule is COc1ccc(CCN2Cc3c(OC(=O)CCCCCNc4ccc([N+](=O)[O-])c5nonc45)cc(OC)cc3C2=O)cc1. The van der Waals surface area contributed by atoms with Crippen molar-refractivity contribution in [2.45, 2.75) is 38.6 Å². The first-order valence-corrected chi connectivity index (χ1v) is 13.8. The van der Waals surface area contributed by atoms with E-state index in [-0.39, 0.29) is 23.5 Å². The molecule has 1 aliphatic heterocycles. The number of carbonyl (C=O) groups is 2. The van der Waals surface area contributed by atoms with E-state index < -0.39 is 10.9 Å². The van der Waals surface area contributed by atoms with Crippen LogP contribution in [0.3, 0.4) is 0 Å². The van der Waals surface area contributed by atoms with E-state index in [4.69, 9.17) is 14.2 Å². The van der Waals surface area contributed by atoms with Crippen molar-refractivity contribution in [2.24, 2.45) is 0 Å². The van der Waals surface area contributed by atoms with Crippen molar-refractivity contribution < 1.29 is 33.4 Å². The largest absolute Gasteiger partial charge is 0.497 e. The maximum absolute atomic E-state index is 13.2. The minimum absolute atomic E-state index is 0.0869. The van der Waals surface area contributed by atoms with Gasteiger partial charge in [0.15, 0.2) is 5.52 Å². The first-order chi connectivity index (χ1) is 20.9. The molecule has 0 aliphatic carbocycles. The lowest BCUT2D eigenvalue weighted by Gasteiger charge is -2.15. The van der Waals surface area contributed by atoms with Crippen molar-refractivity contribution >= 4 is 34.3 Å². The molecule has 13 nitrogen and oxygen atoms in total. The van der Waals surface area contributed by atoms with Crippen LogP contribution in [0.25, 0.3) is 11.0 Å². The molecular formula is C30H31N5O8. The molecule has 0 saturated heterocycles.